The number of carbonyl (C=O) groups is 1. The molecule has 30 heavy (non-hydrogen) atoms. The second-order valence-corrected chi connectivity index (χ2v) is 9.22. The lowest BCUT2D eigenvalue weighted by molar-refractivity contribution is -0.385. The van der Waals surface area contributed by atoms with Gasteiger partial charge in [-0.3, -0.25) is 24.3 Å². The number of hydrogen-bond acceptors (Lipinski definition) is 6. The van der Waals surface area contributed by atoms with E-state index in [1.54, 1.807) is 0 Å². The molecular formula is C17H16Cl2N4O6S. The van der Waals surface area contributed by atoms with Gasteiger partial charge >= 0.3 is 0 Å². The molecule has 2 aromatic rings. The van der Waals surface area contributed by atoms with Crippen LogP contribution in [0.15, 0.2) is 46.2 Å². The van der Waals surface area contributed by atoms with Gasteiger partial charge < -0.3 is 4.90 Å². The molecule has 0 atom stereocenters. The highest BCUT2D eigenvalue weighted by atomic mass is 35.5. The topological polar surface area (TPSA) is 123 Å². The van der Waals surface area contributed by atoms with Gasteiger partial charge in [-0.1, -0.05) is 23.2 Å². The van der Waals surface area contributed by atoms with Gasteiger partial charge in [0.1, 0.15) is 6.54 Å². The average Bonchev–Trinajstić information content (AvgIpc) is 2.71. The van der Waals surface area contributed by atoms with E-state index in [2.05, 4.69) is 0 Å². The van der Waals surface area contributed by atoms with E-state index in [1.807, 2.05) is 0 Å². The Hall–Kier alpha value is -2.47. The van der Waals surface area contributed by atoms with Gasteiger partial charge in [0.2, 0.25) is 15.9 Å². The predicted octanol–water partition coefficient (Wildman–Crippen LogP) is 1.60. The molecule has 0 saturated carbocycles. The van der Waals surface area contributed by atoms with Gasteiger partial charge in [-0.25, -0.2) is 8.42 Å². The lowest BCUT2D eigenvalue weighted by Gasteiger charge is -2.34. The number of rotatable bonds is 5. The number of hydrogen-bond donors (Lipinski definition) is 0. The van der Waals surface area contributed by atoms with Crippen molar-refractivity contribution in [3.05, 3.63) is 67.0 Å². The number of amides is 1. The van der Waals surface area contributed by atoms with Crippen molar-refractivity contribution in [2.24, 2.45) is 0 Å². The lowest BCUT2D eigenvalue weighted by atomic mass is 10.3. The smallest absolute Gasteiger partial charge is 0.285 e. The Kier molecular flexibility index (Phi) is 6.46. The SMILES string of the molecule is O=C(Cn1cc([N+](=O)[O-])ccc1=O)N1CCN(S(=O)(=O)c2ccc(Cl)c(Cl)c2)CC1. The Labute approximate surface area is 181 Å². The average molecular weight is 475 g/mol. The Bertz CT molecular complexity index is 1160. The van der Waals surface area contributed by atoms with Gasteiger partial charge in [0.25, 0.3) is 11.2 Å². The first kappa shape index (κ1) is 22.2. The molecule has 1 aromatic carbocycles. The molecule has 1 saturated heterocycles. The molecule has 3 rings (SSSR count). The molecule has 160 valence electrons. The summed E-state index contributed by atoms with van der Waals surface area (Å²) < 4.78 is 27.7. The van der Waals surface area contributed by atoms with Gasteiger partial charge in [-0.15, -0.1) is 0 Å². The van der Waals surface area contributed by atoms with Gasteiger partial charge in [0, 0.05) is 38.3 Å². The molecule has 0 bridgehead atoms. The van der Waals surface area contributed by atoms with E-state index in [-0.39, 0.29) is 53.4 Å². The minimum Gasteiger partial charge on any atom is -0.339 e. The maximum absolute atomic E-state index is 12.8. The summed E-state index contributed by atoms with van der Waals surface area (Å²) in [5, 5.41) is 11.2. The van der Waals surface area contributed by atoms with Crippen LogP contribution in [0.2, 0.25) is 10.0 Å². The van der Waals surface area contributed by atoms with Crippen LogP contribution in [0.4, 0.5) is 5.69 Å². The van der Waals surface area contributed by atoms with E-state index in [9.17, 15) is 28.1 Å². The third-order valence-electron chi connectivity index (χ3n) is 4.60. The zero-order valence-corrected chi connectivity index (χ0v) is 17.7. The van der Waals surface area contributed by atoms with Crippen molar-refractivity contribution in [2.45, 2.75) is 11.4 Å². The molecule has 0 N–H and O–H groups in total. The van der Waals surface area contributed by atoms with Crippen molar-refractivity contribution in [1.29, 1.82) is 0 Å². The first-order valence-electron chi connectivity index (χ1n) is 8.67. The standard InChI is InChI=1S/C17H16Cl2N4O6S/c18-14-3-2-13(9-15(14)19)30(28,29)22-7-5-20(6-8-22)17(25)11-21-10-12(23(26)27)1-4-16(21)24/h1-4,9-10H,5-8,11H2. The third kappa shape index (κ3) is 4.64. The van der Waals surface area contributed by atoms with Gasteiger partial charge in [-0.2, -0.15) is 4.31 Å². The number of nitro groups is 1. The molecule has 1 fully saturated rings. The Morgan fingerprint density at radius 1 is 1.07 bits per heavy atom. The van der Waals surface area contributed by atoms with Crippen LogP contribution in [-0.2, 0) is 21.4 Å². The van der Waals surface area contributed by atoms with E-state index in [4.69, 9.17) is 23.2 Å². The molecular weight excluding hydrogens is 459 g/mol. The lowest BCUT2D eigenvalue weighted by Crippen LogP contribution is -2.51. The van der Waals surface area contributed by atoms with Crippen LogP contribution < -0.4 is 5.56 Å². The zero-order valence-electron chi connectivity index (χ0n) is 15.4. The number of piperazine rings is 1. The van der Waals surface area contributed by atoms with Crippen LogP contribution in [-0.4, -0.2) is 59.2 Å². The van der Waals surface area contributed by atoms with Gasteiger partial charge in [0.15, 0.2) is 0 Å². The van der Waals surface area contributed by atoms with Crippen molar-refractivity contribution in [3.8, 4) is 0 Å². The summed E-state index contributed by atoms with van der Waals surface area (Å²) in [4.78, 5) is 36.0. The number of nitrogens with zero attached hydrogens (tertiary/aromatic N) is 4. The molecule has 1 aliphatic rings. The fourth-order valence-electron chi connectivity index (χ4n) is 2.96. The summed E-state index contributed by atoms with van der Waals surface area (Å²) in [6, 6.07) is 6.11. The van der Waals surface area contributed by atoms with Crippen LogP contribution in [0, 0.1) is 10.1 Å². The summed E-state index contributed by atoms with van der Waals surface area (Å²) in [5.41, 5.74) is -0.852. The molecule has 0 spiro atoms. The highest BCUT2D eigenvalue weighted by Gasteiger charge is 2.30. The molecule has 0 unspecified atom stereocenters. The number of carbonyl (C=O) groups excluding carboxylic acids is 1. The van der Waals surface area contributed by atoms with E-state index in [0.717, 1.165) is 22.9 Å². The molecule has 0 radical (unpaired) electrons. The minimum atomic E-state index is -3.81. The van der Waals surface area contributed by atoms with Gasteiger partial charge in [-0.05, 0) is 18.2 Å². The third-order valence-corrected chi connectivity index (χ3v) is 7.24. The summed E-state index contributed by atoms with van der Waals surface area (Å²) >= 11 is 11.7. The number of pyridine rings is 1. The van der Waals surface area contributed by atoms with E-state index < -0.39 is 26.4 Å². The summed E-state index contributed by atoms with van der Waals surface area (Å²) in [7, 11) is -3.81. The highest BCUT2D eigenvalue weighted by molar-refractivity contribution is 7.89. The maximum Gasteiger partial charge on any atom is 0.285 e. The van der Waals surface area contributed by atoms with E-state index in [1.165, 1.54) is 27.4 Å². The fraction of sp³-hybridized carbons (Fsp3) is 0.294. The van der Waals surface area contributed by atoms with Crippen molar-refractivity contribution in [1.82, 2.24) is 13.8 Å². The number of sulfonamides is 1. The first-order chi connectivity index (χ1) is 14.1. The Balaban J connectivity index is 1.67. The van der Waals surface area contributed by atoms with Crippen LogP contribution in [0.3, 0.4) is 0 Å². The fourth-order valence-corrected chi connectivity index (χ4v) is 4.77. The Morgan fingerprint density at radius 2 is 1.73 bits per heavy atom. The summed E-state index contributed by atoms with van der Waals surface area (Å²) in [6.45, 7) is -0.0392. The number of benzene rings is 1. The largest absolute Gasteiger partial charge is 0.339 e. The van der Waals surface area contributed by atoms with Crippen molar-refractivity contribution in [2.75, 3.05) is 26.2 Å². The van der Waals surface area contributed by atoms with E-state index in [0.29, 0.717) is 0 Å². The molecule has 13 heteroatoms. The van der Waals surface area contributed by atoms with Crippen molar-refractivity contribution in [3.63, 3.8) is 0 Å². The molecule has 1 aromatic heterocycles. The van der Waals surface area contributed by atoms with Gasteiger partial charge in [0.05, 0.1) is 26.1 Å². The molecule has 1 amide bonds. The van der Waals surface area contributed by atoms with Crippen LogP contribution in [0.25, 0.3) is 0 Å². The van der Waals surface area contributed by atoms with Crippen LogP contribution in [0.1, 0.15) is 0 Å². The summed E-state index contributed by atoms with van der Waals surface area (Å²) in [5.74, 6) is -0.441. The normalized spacial score (nSPS) is 15.2. The molecule has 0 aliphatic carbocycles. The van der Waals surface area contributed by atoms with Crippen molar-refractivity contribution < 1.29 is 18.1 Å². The first-order valence-corrected chi connectivity index (χ1v) is 10.9. The Morgan fingerprint density at radius 3 is 2.33 bits per heavy atom. The second kappa shape index (κ2) is 8.72. The molecule has 2 heterocycles. The molecule has 10 nitrogen and oxygen atoms in total. The van der Waals surface area contributed by atoms with E-state index >= 15 is 0 Å². The predicted molar refractivity (Wildman–Crippen MR) is 109 cm³/mol. The number of aromatic nitrogens is 1. The van der Waals surface area contributed by atoms with Crippen LogP contribution in [0.5, 0.6) is 0 Å². The van der Waals surface area contributed by atoms with Crippen molar-refractivity contribution >= 4 is 44.8 Å². The molecule has 1 aliphatic heterocycles. The maximum atomic E-state index is 12.8. The highest BCUT2D eigenvalue weighted by Crippen LogP contribution is 2.27. The van der Waals surface area contributed by atoms with Crippen LogP contribution >= 0.6 is 23.2 Å². The second-order valence-electron chi connectivity index (χ2n) is 6.47. The summed E-state index contributed by atoms with van der Waals surface area (Å²) in [6.07, 6.45) is 1.01. The quantitative estimate of drug-likeness (QED) is 0.478. The monoisotopic (exact) mass is 474 g/mol. The zero-order chi connectivity index (χ0) is 22.1. The minimum absolute atomic E-state index is 0.000163. The number of halogens is 2.